The number of nitrogens with one attached hydrogen (secondary N) is 1. The first-order valence-corrected chi connectivity index (χ1v) is 7.96. The minimum atomic E-state index is -0.185. The van der Waals surface area contributed by atoms with Gasteiger partial charge in [-0.3, -0.25) is 0 Å². The summed E-state index contributed by atoms with van der Waals surface area (Å²) >= 11 is 3.51. The summed E-state index contributed by atoms with van der Waals surface area (Å²) < 4.78 is 14.4. The summed E-state index contributed by atoms with van der Waals surface area (Å²) in [6.45, 7) is 4.25. The molecule has 1 atom stereocenters. The molecule has 0 saturated carbocycles. The molecule has 2 rings (SSSR count). The molecule has 1 N–H and O–H groups in total. The van der Waals surface area contributed by atoms with E-state index in [0.29, 0.717) is 0 Å². The van der Waals surface area contributed by atoms with Crippen molar-refractivity contribution in [3.05, 3.63) is 68.9 Å². The van der Waals surface area contributed by atoms with E-state index in [2.05, 4.69) is 53.3 Å². The maximum Gasteiger partial charge on any atom is 0.123 e. The Bertz CT molecular complexity index is 571. The Hall–Kier alpha value is -1.19. The molecule has 1 unspecified atom stereocenters. The van der Waals surface area contributed by atoms with Crippen molar-refractivity contribution in [3.8, 4) is 0 Å². The summed E-state index contributed by atoms with van der Waals surface area (Å²) in [6, 6.07) is 11.7. The molecule has 0 aromatic heterocycles. The summed E-state index contributed by atoms with van der Waals surface area (Å²) in [5.41, 5.74) is 4.93. The number of rotatable bonds is 5. The monoisotopic (exact) mass is 349 g/mol. The normalized spacial score (nSPS) is 12.4. The Balaban J connectivity index is 2.16. The lowest BCUT2D eigenvalue weighted by Gasteiger charge is -2.19. The fraction of sp³-hybridized carbons (Fsp3) is 0.333. The van der Waals surface area contributed by atoms with Gasteiger partial charge in [0.25, 0.3) is 0 Å². The minimum absolute atomic E-state index is 0.185. The highest BCUT2D eigenvalue weighted by Crippen LogP contribution is 2.21. The van der Waals surface area contributed by atoms with Crippen molar-refractivity contribution >= 4 is 15.9 Å². The molecule has 0 aliphatic heterocycles. The third-order valence-corrected chi connectivity index (χ3v) is 4.63. The van der Waals surface area contributed by atoms with Gasteiger partial charge in [-0.1, -0.05) is 39.7 Å². The summed E-state index contributed by atoms with van der Waals surface area (Å²) in [6.07, 6.45) is 1.73. The number of hydrogen-bond acceptors (Lipinski definition) is 1. The highest BCUT2D eigenvalue weighted by molar-refractivity contribution is 9.10. The van der Waals surface area contributed by atoms with E-state index in [1.54, 1.807) is 12.1 Å². The molecule has 0 heterocycles. The Labute approximate surface area is 134 Å². The SMILES string of the molecule is CNC(Cc1cc(C)ccc1C)Cc1cc(F)ccc1Br. The highest BCUT2D eigenvalue weighted by Gasteiger charge is 2.12. The van der Waals surface area contributed by atoms with E-state index in [9.17, 15) is 4.39 Å². The van der Waals surface area contributed by atoms with Crippen molar-refractivity contribution < 1.29 is 4.39 Å². The number of aryl methyl sites for hydroxylation is 2. The molecule has 2 aromatic rings. The van der Waals surface area contributed by atoms with Crippen LogP contribution in [0.1, 0.15) is 22.3 Å². The lowest BCUT2D eigenvalue weighted by molar-refractivity contribution is 0.550. The molecule has 0 fully saturated rings. The zero-order chi connectivity index (χ0) is 15.4. The number of halogens is 2. The van der Waals surface area contributed by atoms with Gasteiger partial charge >= 0.3 is 0 Å². The van der Waals surface area contributed by atoms with Gasteiger partial charge in [0.1, 0.15) is 5.82 Å². The summed E-state index contributed by atoms with van der Waals surface area (Å²) in [5, 5.41) is 3.35. The van der Waals surface area contributed by atoms with Gasteiger partial charge in [0.05, 0.1) is 0 Å². The van der Waals surface area contributed by atoms with Crippen LogP contribution in [0, 0.1) is 19.7 Å². The van der Waals surface area contributed by atoms with Crippen molar-refractivity contribution in [1.82, 2.24) is 5.32 Å². The van der Waals surface area contributed by atoms with Gasteiger partial charge in [-0.05, 0) is 68.6 Å². The minimum Gasteiger partial charge on any atom is -0.316 e. The lowest BCUT2D eigenvalue weighted by atomic mass is 9.95. The average molecular weight is 350 g/mol. The van der Waals surface area contributed by atoms with Crippen LogP contribution in [0.5, 0.6) is 0 Å². The van der Waals surface area contributed by atoms with Crippen molar-refractivity contribution in [1.29, 1.82) is 0 Å². The molecule has 0 aliphatic carbocycles. The van der Waals surface area contributed by atoms with Crippen LogP contribution in [0.15, 0.2) is 40.9 Å². The van der Waals surface area contributed by atoms with E-state index in [-0.39, 0.29) is 11.9 Å². The van der Waals surface area contributed by atoms with E-state index in [0.717, 1.165) is 22.9 Å². The smallest absolute Gasteiger partial charge is 0.123 e. The first kappa shape index (κ1) is 16.2. The van der Waals surface area contributed by atoms with Crippen molar-refractivity contribution in [2.24, 2.45) is 0 Å². The average Bonchev–Trinajstić information content (AvgIpc) is 2.45. The Kier molecular flexibility index (Phi) is 5.54. The van der Waals surface area contributed by atoms with Crippen LogP contribution < -0.4 is 5.32 Å². The second kappa shape index (κ2) is 7.19. The van der Waals surface area contributed by atoms with Crippen molar-refractivity contribution in [2.75, 3.05) is 7.05 Å². The predicted molar refractivity (Wildman–Crippen MR) is 90.3 cm³/mol. The van der Waals surface area contributed by atoms with Crippen LogP contribution in [-0.2, 0) is 12.8 Å². The van der Waals surface area contributed by atoms with Gasteiger partial charge in [-0.15, -0.1) is 0 Å². The van der Waals surface area contributed by atoms with E-state index < -0.39 is 0 Å². The molecular weight excluding hydrogens is 329 g/mol. The highest BCUT2D eigenvalue weighted by atomic mass is 79.9. The molecule has 21 heavy (non-hydrogen) atoms. The molecular formula is C18H21BrFN. The molecule has 0 amide bonds. The second-order valence-electron chi connectivity index (χ2n) is 5.56. The first-order chi connectivity index (χ1) is 9.99. The largest absolute Gasteiger partial charge is 0.316 e. The topological polar surface area (TPSA) is 12.0 Å². The Morgan fingerprint density at radius 2 is 1.76 bits per heavy atom. The van der Waals surface area contributed by atoms with Crippen LogP contribution in [0.3, 0.4) is 0 Å². The van der Waals surface area contributed by atoms with Crippen molar-refractivity contribution in [2.45, 2.75) is 32.7 Å². The maximum atomic E-state index is 13.4. The molecule has 0 aliphatic rings. The fourth-order valence-electron chi connectivity index (χ4n) is 2.53. The number of hydrogen-bond donors (Lipinski definition) is 1. The van der Waals surface area contributed by atoms with Gasteiger partial charge in [0.15, 0.2) is 0 Å². The summed E-state index contributed by atoms with van der Waals surface area (Å²) in [7, 11) is 1.96. The molecule has 0 saturated heterocycles. The summed E-state index contributed by atoms with van der Waals surface area (Å²) in [5.74, 6) is -0.185. The van der Waals surface area contributed by atoms with Crippen LogP contribution in [0.25, 0.3) is 0 Å². The quantitative estimate of drug-likeness (QED) is 0.832. The number of benzene rings is 2. The van der Waals surface area contributed by atoms with Crippen LogP contribution in [-0.4, -0.2) is 13.1 Å². The molecule has 0 bridgehead atoms. The molecule has 0 radical (unpaired) electrons. The molecule has 0 spiro atoms. The van der Waals surface area contributed by atoms with Gasteiger partial charge in [-0.2, -0.15) is 0 Å². The van der Waals surface area contributed by atoms with Crippen LogP contribution >= 0.6 is 15.9 Å². The van der Waals surface area contributed by atoms with E-state index >= 15 is 0 Å². The van der Waals surface area contributed by atoms with E-state index in [1.807, 2.05) is 7.05 Å². The van der Waals surface area contributed by atoms with E-state index in [4.69, 9.17) is 0 Å². The van der Waals surface area contributed by atoms with Gasteiger partial charge in [0.2, 0.25) is 0 Å². The zero-order valence-corrected chi connectivity index (χ0v) is 14.3. The van der Waals surface area contributed by atoms with Gasteiger partial charge in [-0.25, -0.2) is 4.39 Å². The first-order valence-electron chi connectivity index (χ1n) is 7.17. The van der Waals surface area contributed by atoms with E-state index in [1.165, 1.54) is 22.8 Å². The molecule has 1 nitrogen and oxygen atoms in total. The maximum absolute atomic E-state index is 13.4. The third-order valence-electron chi connectivity index (χ3n) is 3.85. The molecule has 2 aromatic carbocycles. The van der Waals surface area contributed by atoms with Crippen LogP contribution in [0.4, 0.5) is 4.39 Å². The molecule has 112 valence electrons. The molecule has 3 heteroatoms. The number of likely N-dealkylation sites (N-methyl/N-ethyl adjacent to an activating group) is 1. The van der Waals surface area contributed by atoms with Crippen molar-refractivity contribution in [3.63, 3.8) is 0 Å². The fourth-order valence-corrected chi connectivity index (χ4v) is 2.94. The van der Waals surface area contributed by atoms with Crippen LogP contribution in [0.2, 0.25) is 0 Å². The van der Waals surface area contributed by atoms with Gasteiger partial charge in [0, 0.05) is 10.5 Å². The Morgan fingerprint density at radius 3 is 2.48 bits per heavy atom. The second-order valence-corrected chi connectivity index (χ2v) is 6.41. The zero-order valence-electron chi connectivity index (χ0n) is 12.7. The summed E-state index contributed by atoms with van der Waals surface area (Å²) in [4.78, 5) is 0. The predicted octanol–water partition coefficient (Wildman–Crippen LogP) is 4.58. The lowest BCUT2D eigenvalue weighted by Crippen LogP contribution is -2.30. The Morgan fingerprint density at radius 1 is 1.05 bits per heavy atom. The third kappa shape index (κ3) is 4.39. The van der Waals surface area contributed by atoms with Gasteiger partial charge < -0.3 is 5.32 Å². The standard InChI is InChI=1S/C18H21BrFN/c1-12-4-5-13(2)14(8-12)10-17(21-3)11-15-9-16(20)6-7-18(15)19/h4-9,17,21H,10-11H2,1-3H3.